The highest BCUT2D eigenvalue weighted by atomic mass is 16.5. The van der Waals surface area contributed by atoms with Crippen LogP contribution < -0.4 is 14.5 Å². The molecule has 6 heteroatoms. The summed E-state index contributed by atoms with van der Waals surface area (Å²) in [6.45, 7) is 18.7. The second-order valence-corrected chi connectivity index (χ2v) is 28.7. The fourth-order valence-corrected chi connectivity index (χ4v) is 15.7. The van der Waals surface area contributed by atoms with E-state index in [1.165, 1.54) is 22.3 Å². The number of nitrogens with zero attached hydrogens (tertiary/aromatic N) is 4. The van der Waals surface area contributed by atoms with Crippen molar-refractivity contribution >= 4 is 66.5 Å². The normalized spacial score (nSPS) is 12.5. The molecular formula is C95H78N4O2. The van der Waals surface area contributed by atoms with Crippen molar-refractivity contribution in [3.05, 3.63) is 326 Å². The lowest BCUT2D eigenvalue weighted by atomic mass is 9.85. The second kappa shape index (κ2) is 25.4. The highest BCUT2D eigenvalue weighted by Crippen LogP contribution is 2.53. The van der Waals surface area contributed by atoms with Crippen molar-refractivity contribution in [1.29, 1.82) is 0 Å². The third-order valence-corrected chi connectivity index (χ3v) is 20.4. The molecule has 6 nitrogen and oxygen atoms in total. The Morgan fingerprint density at radius 1 is 0.406 bits per heavy atom. The first-order valence-corrected chi connectivity index (χ1v) is 35.4. The van der Waals surface area contributed by atoms with Gasteiger partial charge in [-0.1, -0.05) is 237 Å². The SMILES string of the molecule is Cc1cnc(-n2c3cc(Oc4cc(-c5c(C(C)C)cccc5C(C)C)cc(N5CN(c6c(-c7cc(-c8ccccc8)cc(-c8ccccc8)c7)cccc6-c6cc(-c7ccccc7)cc(-c7ccccc7)c6)c6ccccc65)c4)ccc3c3c4oc5ccccc5c4ccc32)cc1C(C)(C)C. The van der Waals surface area contributed by atoms with E-state index in [4.69, 9.17) is 14.1 Å². The van der Waals surface area contributed by atoms with Crippen LogP contribution in [0, 0.1) is 6.92 Å². The average Bonchev–Trinajstić information content (AvgIpc) is 1.58. The standard InChI is InChI=1S/C95H78N4O2/c1-60(2)77-36-25-37-78(61(3)4)91(77)73-53-74(55-76(54-73)100-75-43-44-83-88(56-75)99(90-57-84(95(6,7)8)62(5)58-96-90)87-46-45-82-81-35-21-24-42-89(81)101-94(82)92(83)87)97-59-98(86-41-23-22-40-85(86)97)93-79(71-49-67(63-27-13-9-14-28-63)47-68(50-71)64-29-15-10-16-30-64)38-26-39-80(93)72-51-69(65-31-17-11-18-32-65)48-70(52-72)66-33-19-12-20-34-66/h9-58,60-61H,59H2,1-8H3. The van der Waals surface area contributed by atoms with Gasteiger partial charge in [-0.3, -0.25) is 4.57 Å². The summed E-state index contributed by atoms with van der Waals surface area (Å²) < 4.78 is 16.7. The van der Waals surface area contributed by atoms with Gasteiger partial charge in [0, 0.05) is 51.3 Å². The Morgan fingerprint density at radius 3 is 1.47 bits per heavy atom. The van der Waals surface area contributed by atoms with Gasteiger partial charge < -0.3 is 19.0 Å². The van der Waals surface area contributed by atoms with E-state index in [9.17, 15) is 0 Å². The van der Waals surface area contributed by atoms with E-state index in [0.29, 0.717) is 12.4 Å². The van der Waals surface area contributed by atoms with E-state index in [0.717, 1.165) is 156 Å². The first-order valence-electron chi connectivity index (χ1n) is 35.4. The maximum absolute atomic E-state index is 7.52. The van der Waals surface area contributed by atoms with E-state index < -0.39 is 0 Å². The number of fused-ring (bicyclic) bond motifs is 8. The van der Waals surface area contributed by atoms with Gasteiger partial charge in [-0.05, 0) is 210 Å². The average molecular weight is 1310 g/mol. The Morgan fingerprint density at radius 2 is 0.911 bits per heavy atom. The minimum absolute atomic E-state index is 0.117. The van der Waals surface area contributed by atoms with Gasteiger partial charge in [0.1, 0.15) is 35.2 Å². The van der Waals surface area contributed by atoms with Crippen LogP contribution in [0.5, 0.6) is 11.5 Å². The third-order valence-electron chi connectivity index (χ3n) is 20.4. The minimum Gasteiger partial charge on any atom is -0.457 e. The predicted molar refractivity (Wildman–Crippen MR) is 424 cm³/mol. The van der Waals surface area contributed by atoms with Gasteiger partial charge in [0.05, 0.1) is 33.5 Å². The minimum atomic E-state index is -0.117. The van der Waals surface area contributed by atoms with E-state index >= 15 is 0 Å². The zero-order chi connectivity index (χ0) is 68.6. The number of furan rings is 1. The molecule has 0 unspecified atom stereocenters. The molecule has 0 saturated carbocycles. The number of hydrogen-bond donors (Lipinski definition) is 0. The molecule has 13 aromatic carbocycles. The quantitative estimate of drug-likeness (QED) is 0.109. The Hall–Kier alpha value is -12.0. The summed E-state index contributed by atoms with van der Waals surface area (Å²) in [7, 11) is 0. The van der Waals surface area contributed by atoms with E-state index in [-0.39, 0.29) is 17.3 Å². The van der Waals surface area contributed by atoms with Crippen LogP contribution in [0.1, 0.15) is 82.6 Å². The molecule has 17 rings (SSSR count). The zero-order valence-corrected chi connectivity index (χ0v) is 58.3. The van der Waals surface area contributed by atoms with Crippen molar-refractivity contribution in [2.45, 2.75) is 72.6 Å². The molecule has 490 valence electrons. The summed E-state index contributed by atoms with van der Waals surface area (Å²) >= 11 is 0. The highest BCUT2D eigenvalue weighted by Gasteiger charge is 2.33. The molecule has 0 radical (unpaired) electrons. The first-order chi connectivity index (χ1) is 49.3. The van der Waals surface area contributed by atoms with Crippen LogP contribution in [-0.2, 0) is 5.41 Å². The molecule has 0 atom stereocenters. The molecule has 4 heterocycles. The Kier molecular flexibility index (Phi) is 15.7. The van der Waals surface area contributed by atoms with Gasteiger partial charge in [0.2, 0.25) is 0 Å². The van der Waals surface area contributed by atoms with Crippen LogP contribution >= 0.6 is 0 Å². The topological polar surface area (TPSA) is 46.7 Å². The van der Waals surface area contributed by atoms with Gasteiger partial charge in [0.25, 0.3) is 0 Å². The number of rotatable bonds is 14. The largest absolute Gasteiger partial charge is 0.457 e. The lowest BCUT2D eigenvalue weighted by Crippen LogP contribution is -2.25. The Balaban J connectivity index is 0.876. The van der Waals surface area contributed by atoms with Crippen molar-refractivity contribution in [2.75, 3.05) is 16.5 Å². The molecule has 0 saturated heterocycles. The third kappa shape index (κ3) is 11.4. The van der Waals surface area contributed by atoms with Gasteiger partial charge >= 0.3 is 0 Å². The summed E-state index contributed by atoms with van der Waals surface area (Å²) in [5.74, 6) is 2.77. The van der Waals surface area contributed by atoms with Crippen LogP contribution in [0.3, 0.4) is 0 Å². The smallest absolute Gasteiger partial charge is 0.145 e. The zero-order valence-electron chi connectivity index (χ0n) is 58.3. The molecule has 0 aliphatic carbocycles. The Labute approximate surface area is 591 Å². The molecule has 0 bridgehead atoms. The van der Waals surface area contributed by atoms with Crippen molar-refractivity contribution in [3.63, 3.8) is 0 Å². The first kappa shape index (κ1) is 62.5. The van der Waals surface area contributed by atoms with Crippen LogP contribution in [0.15, 0.2) is 308 Å². The second-order valence-electron chi connectivity index (χ2n) is 28.7. The van der Waals surface area contributed by atoms with Crippen LogP contribution in [0.4, 0.5) is 22.7 Å². The van der Waals surface area contributed by atoms with Gasteiger partial charge in [0.15, 0.2) is 0 Å². The highest BCUT2D eigenvalue weighted by molar-refractivity contribution is 6.24. The molecule has 16 aromatic rings. The number of hydrogen-bond acceptors (Lipinski definition) is 5. The van der Waals surface area contributed by atoms with Gasteiger partial charge in [-0.15, -0.1) is 0 Å². The molecule has 1 aliphatic rings. The monoisotopic (exact) mass is 1310 g/mol. The van der Waals surface area contributed by atoms with Crippen molar-refractivity contribution in [3.8, 4) is 95.2 Å². The number of anilines is 4. The summed E-state index contributed by atoms with van der Waals surface area (Å²) in [4.78, 5) is 10.3. The molecule has 0 spiro atoms. The maximum atomic E-state index is 7.52. The van der Waals surface area contributed by atoms with Crippen molar-refractivity contribution < 1.29 is 9.15 Å². The fraction of sp³-hybridized carbons (Fsp3) is 0.126. The van der Waals surface area contributed by atoms with Crippen molar-refractivity contribution in [1.82, 2.24) is 9.55 Å². The summed E-state index contributed by atoms with van der Waals surface area (Å²) in [5, 5.41) is 4.27. The molecule has 101 heavy (non-hydrogen) atoms. The maximum Gasteiger partial charge on any atom is 0.145 e. The summed E-state index contributed by atoms with van der Waals surface area (Å²) in [5.41, 5.74) is 28.9. The number of pyridine rings is 1. The lowest BCUT2D eigenvalue weighted by molar-refractivity contribution is 0.483. The summed E-state index contributed by atoms with van der Waals surface area (Å²) in [6, 6.07) is 109. The van der Waals surface area contributed by atoms with Crippen LogP contribution in [-0.4, -0.2) is 16.2 Å². The molecule has 3 aromatic heterocycles. The Bertz CT molecular complexity index is 5550. The van der Waals surface area contributed by atoms with Crippen LogP contribution in [0.2, 0.25) is 0 Å². The number of aryl methyl sites for hydroxylation is 1. The van der Waals surface area contributed by atoms with E-state index in [1.807, 2.05) is 12.3 Å². The molecule has 0 N–H and O–H groups in total. The van der Waals surface area contributed by atoms with Crippen LogP contribution in [0.25, 0.3) is 127 Å². The fourth-order valence-electron chi connectivity index (χ4n) is 15.7. The number of benzene rings is 13. The van der Waals surface area contributed by atoms with Gasteiger partial charge in [-0.2, -0.15) is 0 Å². The van der Waals surface area contributed by atoms with Gasteiger partial charge in [-0.25, -0.2) is 4.98 Å². The molecule has 1 aliphatic heterocycles. The number of aromatic nitrogens is 2. The number of ether oxygens (including phenoxy) is 1. The lowest BCUT2D eigenvalue weighted by Gasteiger charge is -2.28. The van der Waals surface area contributed by atoms with E-state index in [2.05, 4.69) is 361 Å². The number of para-hydroxylation sites is 4. The van der Waals surface area contributed by atoms with Crippen molar-refractivity contribution in [2.24, 2.45) is 0 Å². The summed E-state index contributed by atoms with van der Waals surface area (Å²) in [6.07, 6.45) is 2.02. The molecular weight excluding hydrogens is 1230 g/mol. The van der Waals surface area contributed by atoms with E-state index in [1.54, 1.807) is 0 Å². The molecule has 0 amide bonds. The predicted octanol–water partition coefficient (Wildman–Crippen LogP) is 26.6. The molecule has 0 fully saturated rings.